The van der Waals surface area contributed by atoms with Crippen LogP contribution in [0.2, 0.25) is 0 Å². The van der Waals surface area contributed by atoms with E-state index in [9.17, 15) is 0 Å². The Kier molecular flexibility index (Phi) is 4.12. The van der Waals surface area contributed by atoms with Crippen LogP contribution < -0.4 is 4.74 Å². The number of phenols is 1. The summed E-state index contributed by atoms with van der Waals surface area (Å²) in [6.07, 6.45) is 1.61. The molecule has 0 bridgehead atoms. The zero-order chi connectivity index (χ0) is 9.52. The molecule has 1 rings (SSSR count). The number of ether oxygens (including phenoxy) is 1. The number of unbranched alkanes of at least 4 members (excludes halogenated alkanes) is 1. The van der Waals surface area contributed by atoms with Crippen LogP contribution >= 0.6 is 0 Å². The Hall–Kier alpha value is -1.22. The molecule has 0 aromatic heterocycles. The molecule has 0 fully saturated rings. The third-order valence-electron chi connectivity index (χ3n) is 1.66. The monoisotopic (exact) mass is 182 g/mol. The lowest BCUT2D eigenvalue weighted by atomic mass is 10.3. The van der Waals surface area contributed by atoms with Crippen molar-refractivity contribution in [1.82, 2.24) is 0 Å². The van der Waals surface area contributed by atoms with Gasteiger partial charge in [0.1, 0.15) is 11.5 Å². The Morgan fingerprint density at radius 3 is 2.38 bits per heavy atom. The highest BCUT2D eigenvalue weighted by molar-refractivity contribution is 5.29. The molecule has 0 atom stereocenters. The number of phenolic OH excluding ortho intramolecular Hbond substituents is 1. The highest BCUT2D eigenvalue weighted by Crippen LogP contribution is 2.15. The average molecular weight is 182 g/mol. The molecule has 0 heterocycles. The number of rotatable bonds is 5. The van der Waals surface area contributed by atoms with Gasteiger partial charge in [-0.2, -0.15) is 0 Å². The minimum absolute atomic E-state index is 0.207. The maximum atomic E-state index is 8.98. The van der Waals surface area contributed by atoms with Crippen molar-refractivity contribution in [2.75, 3.05) is 13.2 Å². The fourth-order valence-corrected chi connectivity index (χ4v) is 0.946. The van der Waals surface area contributed by atoms with Crippen LogP contribution in [0.3, 0.4) is 0 Å². The second-order valence-corrected chi connectivity index (χ2v) is 2.77. The molecule has 0 aliphatic rings. The van der Waals surface area contributed by atoms with E-state index in [0.717, 1.165) is 18.6 Å². The summed E-state index contributed by atoms with van der Waals surface area (Å²) >= 11 is 0. The van der Waals surface area contributed by atoms with Crippen molar-refractivity contribution in [1.29, 1.82) is 0 Å². The molecule has 13 heavy (non-hydrogen) atoms. The van der Waals surface area contributed by atoms with Crippen LogP contribution in [0.4, 0.5) is 0 Å². The summed E-state index contributed by atoms with van der Waals surface area (Å²) in [6.45, 7) is 0.810. The summed E-state index contributed by atoms with van der Waals surface area (Å²) in [4.78, 5) is 0. The van der Waals surface area contributed by atoms with Gasteiger partial charge in [0.25, 0.3) is 0 Å². The summed E-state index contributed by atoms with van der Waals surface area (Å²) in [6, 6.07) is 6.60. The smallest absolute Gasteiger partial charge is 0.119 e. The van der Waals surface area contributed by atoms with Gasteiger partial charge in [-0.3, -0.25) is 0 Å². The highest BCUT2D eigenvalue weighted by atomic mass is 16.5. The topological polar surface area (TPSA) is 49.7 Å². The van der Waals surface area contributed by atoms with Crippen molar-refractivity contribution >= 4 is 0 Å². The summed E-state index contributed by atoms with van der Waals surface area (Å²) in [5.41, 5.74) is 0. The van der Waals surface area contributed by atoms with Gasteiger partial charge in [0, 0.05) is 6.61 Å². The molecule has 3 nitrogen and oxygen atoms in total. The van der Waals surface area contributed by atoms with Gasteiger partial charge in [-0.1, -0.05) is 0 Å². The zero-order valence-corrected chi connectivity index (χ0v) is 7.44. The van der Waals surface area contributed by atoms with E-state index >= 15 is 0 Å². The zero-order valence-electron chi connectivity index (χ0n) is 7.44. The normalized spacial score (nSPS) is 9.92. The van der Waals surface area contributed by atoms with Gasteiger partial charge in [-0.25, -0.2) is 0 Å². The summed E-state index contributed by atoms with van der Waals surface area (Å²) in [5, 5.41) is 17.5. The molecule has 72 valence electrons. The van der Waals surface area contributed by atoms with Gasteiger partial charge < -0.3 is 14.9 Å². The molecule has 3 heteroatoms. The minimum Gasteiger partial charge on any atom is -0.508 e. The van der Waals surface area contributed by atoms with E-state index in [-0.39, 0.29) is 12.4 Å². The van der Waals surface area contributed by atoms with Crippen LogP contribution in [0, 0.1) is 0 Å². The lowest BCUT2D eigenvalue weighted by molar-refractivity contribution is 0.253. The summed E-state index contributed by atoms with van der Waals surface area (Å²) < 4.78 is 5.34. The highest BCUT2D eigenvalue weighted by Gasteiger charge is 1.93. The van der Waals surface area contributed by atoms with E-state index in [1.54, 1.807) is 24.3 Å². The van der Waals surface area contributed by atoms with Crippen LogP contribution in [0.25, 0.3) is 0 Å². The summed E-state index contributed by atoms with van der Waals surface area (Å²) in [7, 11) is 0. The third kappa shape index (κ3) is 3.80. The van der Waals surface area contributed by atoms with Gasteiger partial charge in [0.15, 0.2) is 0 Å². The molecule has 0 saturated carbocycles. The molecule has 0 unspecified atom stereocenters. The van der Waals surface area contributed by atoms with Gasteiger partial charge >= 0.3 is 0 Å². The number of aliphatic hydroxyl groups excluding tert-OH is 1. The molecule has 2 N–H and O–H groups in total. The fraction of sp³-hybridized carbons (Fsp3) is 0.400. The molecular formula is C10H14O3. The fourth-order valence-electron chi connectivity index (χ4n) is 0.946. The lowest BCUT2D eigenvalue weighted by Crippen LogP contribution is -1.98. The Morgan fingerprint density at radius 1 is 1.08 bits per heavy atom. The maximum absolute atomic E-state index is 8.98. The van der Waals surface area contributed by atoms with Gasteiger partial charge in [0.2, 0.25) is 0 Å². The van der Waals surface area contributed by atoms with Crippen LogP contribution in [0.1, 0.15) is 12.8 Å². The van der Waals surface area contributed by atoms with E-state index in [0.29, 0.717) is 6.61 Å². The van der Waals surface area contributed by atoms with Crippen LogP contribution in [0.5, 0.6) is 11.5 Å². The standard InChI is InChI=1S/C10H14O3/c11-7-1-2-8-13-10-5-3-9(12)4-6-10/h3-6,11-12H,1-2,7-8H2. The Labute approximate surface area is 77.6 Å². The average Bonchev–Trinajstić information content (AvgIpc) is 2.15. The van der Waals surface area contributed by atoms with E-state index < -0.39 is 0 Å². The number of aromatic hydroxyl groups is 1. The van der Waals surface area contributed by atoms with E-state index in [1.807, 2.05) is 0 Å². The number of hydrogen-bond donors (Lipinski definition) is 2. The van der Waals surface area contributed by atoms with E-state index in [1.165, 1.54) is 0 Å². The van der Waals surface area contributed by atoms with Gasteiger partial charge in [0.05, 0.1) is 6.61 Å². The first kappa shape index (κ1) is 9.86. The van der Waals surface area contributed by atoms with Crippen molar-refractivity contribution in [3.63, 3.8) is 0 Å². The van der Waals surface area contributed by atoms with Crippen LogP contribution in [-0.2, 0) is 0 Å². The first-order chi connectivity index (χ1) is 6.33. The first-order valence-corrected chi connectivity index (χ1v) is 4.35. The predicted octanol–water partition coefficient (Wildman–Crippen LogP) is 1.54. The Balaban J connectivity index is 2.25. The maximum Gasteiger partial charge on any atom is 0.119 e. The third-order valence-corrected chi connectivity index (χ3v) is 1.66. The first-order valence-electron chi connectivity index (χ1n) is 4.35. The largest absolute Gasteiger partial charge is 0.508 e. The molecule has 0 saturated heterocycles. The molecule has 0 aliphatic heterocycles. The Bertz CT molecular complexity index is 230. The van der Waals surface area contributed by atoms with Gasteiger partial charge in [-0.15, -0.1) is 0 Å². The summed E-state index contributed by atoms with van der Waals surface area (Å²) in [5.74, 6) is 0.985. The van der Waals surface area contributed by atoms with Crippen molar-refractivity contribution in [3.8, 4) is 11.5 Å². The molecule has 0 aliphatic carbocycles. The number of hydrogen-bond acceptors (Lipinski definition) is 3. The molecule has 0 amide bonds. The number of benzene rings is 1. The van der Waals surface area contributed by atoms with E-state index in [2.05, 4.69) is 0 Å². The van der Waals surface area contributed by atoms with E-state index in [4.69, 9.17) is 14.9 Å². The van der Waals surface area contributed by atoms with Crippen molar-refractivity contribution in [2.45, 2.75) is 12.8 Å². The molecule has 0 radical (unpaired) electrons. The quantitative estimate of drug-likeness (QED) is 0.679. The molecular weight excluding hydrogens is 168 g/mol. The van der Waals surface area contributed by atoms with Gasteiger partial charge in [-0.05, 0) is 37.1 Å². The molecule has 1 aromatic carbocycles. The predicted molar refractivity (Wildman–Crippen MR) is 49.9 cm³/mol. The SMILES string of the molecule is OCCCCOc1ccc(O)cc1. The van der Waals surface area contributed by atoms with Crippen LogP contribution in [0.15, 0.2) is 24.3 Å². The number of aliphatic hydroxyl groups is 1. The second-order valence-electron chi connectivity index (χ2n) is 2.77. The van der Waals surface area contributed by atoms with Crippen molar-refractivity contribution < 1.29 is 14.9 Å². The minimum atomic E-state index is 0.207. The van der Waals surface area contributed by atoms with Crippen molar-refractivity contribution in [2.24, 2.45) is 0 Å². The Morgan fingerprint density at radius 2 is 1.77 bits per heavy atom. The van der Waals surface area contributed by atoms with Crippen molar-refractivity contribution in [3.05, 3.63) is 24.3 Å². The lowest BCUT2D eigenvalue weighted by Gasteiger charge is -2.04. The second kappa shape index (κ2) is 5.43. The van der Waals surface area contributed by atoms with Crippen LogP contribution in [-0.4, -0.2) is 23.4 Å². The molecule has 0 spiro atoms. The molecule has 1 aromatic rings.